The lowest BCUT2D eigenvalue weighted by molar-refractivity contribution is 0.485. The Morgan fingerprint density at radius 2 is 1.22 bits per heavy atom. The van der Waals surface area contributed by atoms with E-state index < -0.39 is 10.1 Å². The molecule has 32 heavy (non-hydrogen) atoms. The lowest BCUT2D eigenvalue weighted by Gasteiger charge is -2.20. The molecular formula is C28H24O3S. The van der Waals surface area contributed by atoms with Crippen molar-refractivity contribution in [2.24, 2.45) is 0 Å². The highest BCUT2D eigenvalue weighted by atomic mass is 32.2. The van der Waals surface area contributed by atoms with Crippen molar-refractivity contribution in [1.29, 1.82) is 0 Å². The van der Waals surface area contributed by atoms with Crippen molar-refractivity contribution in [3.63, 3.8) is 0 Å². The fourth-order valence-electron chi connectivity index (χ4n) is 3.75. The Morgan fingerprint density at radius 3 is 1.75 bits per heavy atom. The zero-order chi connectivity index (χ0) is 22.4. The maximum atomic E-state index is 12.8. The third-order valence-corrected chi connectivity index (χ3v) is 6.46. The molecule has 0 atom stereocenters. The minimum Gasteiger partial charge on any atom is -0.378 e. The van der Waals surface area contributed by atoms with E-state index in [2.05, 4.69) is 24.3 Å². The lowest BCUT2D eigenvalue weighted by Crippen LogP contribution is -2.11. The molecule has 0 aliphatic heterocycles. The van der Waals surface area contributed by atoms with Gasteiger partial charge in [-0.25, -0.2) is 0 Å². The second-order valence-corrected chi connectivity index (χ2v) is 8.95. The van der Waals surface area contributed by atoms with Gasteiger partial charge < -0.3 is 4.18 Å². The van der Waals surface area contributed by atoms with Crippen LogP contribution in [0.5, 0.6) is 5.75 Å². The zero-order valence-electron chi connectivity index (χ0n) is 17.8. The van der Waals surface area contributed by atoms with Gasteiger partial charge in [-0.2, -0.15) is 8.42 Å². The van der Waals surface area contributed by atoms with Crippen molar-refractivity contribution in [2.75, 3.05) is 0 Å². The van der Waals surface area contributed by atoms with Crippen molar-refractivity contribution in [2.45, 2.75) is 17.7 Å². The Morgan fingerprint density at radius 1 is 0.688 bits per heavy atom. The highest BCUT2D eigenvalue weighted by Gasteiger charge is 2.21. The second-order valence-electron chi connectivity index (χ2n) is 7.40. The molecule has 0 fully saturated rings. The molecule has 0 saturated heterocycles. The maximum Gasteiger partial charge on any atom is 0.339 e. The Hall–Kier alpha value is -3.63. The van der Waals surface area contributed by atoms with E-state index in [0.29, 0.717) is 11.3 Å². The first-order chi connectivity index (χ1) is 15.6. The first-order valence-electron chi connectivity index (χ1n) is 10.4. The SMILES string of the molecule is CC=Cc1cc(C(c2ccccc2)c2ccccc2)ccc1OS(=O)(=O)c1ccccc1. The Balaban J connectivity index is 1.78. The highest BCUT2D eigenvalue weighted by molar-refractivity contribution is 7.87. The number of allylic oxidation sites excluding steroid dienone is 1. The molecule has 0 aromatic heterocycles. The molecule has 4 aromatic rings. The van der Waals surface area contributed by atoms with E-state index in [1.165, 1.54) is 12.1 Å². The number of hydrogen-bond acceptors (Lipinski definition) is 3. The van der Waals surface area contributed by atoms with E-state index in [1.807, 2.05) is 67.6 Å². The van der Waals surface area contributed by atoms with E-state index >= 15 is 0 Å². The zero-order valence-corrected chi connectivity index (χ0v) is 18.6. The second kappa shape index (κ2) is 9.67. The van der Waals surface area contributed by atoms with Gasteiger partial charge in [-0.1, -0.05) is 97.1 Å². The van der Waals surface area contributed by atoms with Crippen LogP contribution in [0.2, 0.25) is 0 Å². The molecule has 3 nitrogen and oxygen atoms in total. The molecule has 0 saturated carbocycles. The smallest absolute Gasteiger partial charge is 0.339 e. The minimum atomic E-state index is -3.93. The molecule has 4 heteroatoms. The van der Waals surface area contributed by atoms with Gasteiger partial charge in [0.1, 0.15) is 10.6 Å². The van der Waals surface area contributed by atoms with Crippen LogP contribution in [0.15, 0.2) is 120 Å². The maximum absolute atomic E-state index is 12.8. The van der Waals surface area contributed by atoms with Gasteiger partial charge >= 0.3 is 10.1 Å². The van der Waals surface area contributed by atoms with Crippen LogP contribution in [-0.4, -0.2) is 8.42 Å². The summed E-state index contributed by atoms with van der Waals surface area (Å²) in [5, 5.41) is 0. The first kappa shape index (κ1) is 21.6. The van der Waals surface area contributed by atoms with Crippen LogP contribution < -0.4 is 4.18 Å². The number of hydrogen-bond donors (Lipinski definition) is 0. The van der Waals surface area contributed by atoms with Gasteiger partial charge in [0, 0.05) is 11.5 Å². The summed E-state index contributed by atoms with van der Waals surface area (Å²) in [6.45, 7) is 1.90. The predicted octanol–water partition coefficient (Wildman–Crippen LogP) is 6.67. The molecule has 0 aliphatic rings. The van der Waals surface area contributed by atoms with Crippen LogP contribution in [0.25, 0.3) is 6.08 Å². The molecule has 0 heterocycles. The van der Waals surface area contributed by atoms with Crippen LogP contribution in [0.1, 0.15) is 35.1 Å². The molecule has 0 unspecified atom stereocenters. The number of rotatable bonds is 7. The standard InChI is InChI=1S/C28H24O3S/c1-2-12-24-21-25(19-20-27(24)31-32(29,30)26-17-10-5-11-18-26)28(22-13-6-3-7-14-22)23-15-8-4-9-16-23/h2-21,28H,1H3. The summed E-state index contributed by atoms with van der Waals surface area (Å²) in [5.41, 5.74) is 4.09. The highest BCUT2D eigenvalue weighted by Crippen LogP contribution is 2.35. The van der Waals surface area contributed by atoms with Crippen molar-refractivity contribution < 1.29 is 12.6 Å². The van der Waals surface area contributed by atoms with Crippen LogP contribution in [0.3, 0.4) is 0 Å². The molecule has 0 N–H and O–H groups in total. The summed E-state index contributed by atoms with van der Waals surface area (Å²) < 4.78 is 31.1. The quantitative estimate of drug-likeness (QED) is 0.238. The molecule has 4 aromatic carbocycles. The van der Waals surface area contributed by atoms with Crippen molar-refractivity contribution in [1.82, 2.24) is 0 Å². The van der Waals surface area contributed by atoms with Gasteiger partial charge in [0.25, 0.3) is 0 Å². The summed E-state index contributed by atoms with van der Waals surface area (Å²) in [6.07, 6.45) is 3.74. The summed E-state index contributed by atoms with van der Waals surface area (Å²) in [5.74, 6) is 0.316. The van der Waals surface area contributed by atoms with E-state index in [1.54, 1.807) is 24.3 Å². The van der Waals surface area contributed by atoms with E-state index in [4.69, 9.17) is 4.18 Å². The molecule has 4 rings (SSSR count). The Labute approximate surface area is 189 Å². The van der Waals surface area contributed by atoms with Gasteiger partial charge in [0.15, 0.2) is 0 Å². The molecular weight excluding hydrogens is 416 g/mol. The molecule has 0 aliphatic carbocycles. The number of benzene rings is 4. The topological polar surface area (TPSA) is 43.4 Å². The van der Waals surface area contributed by atoms with Crippen LogP contribution in [0, 0.1) is 0 Å². The predicted molar refractivity (Wildman–Crippen MR) is 129 cm³/mol. The largest absolute Gasteiger partial charge is 0.378 e. The average molecular weight is 441 g/mol. The lowest BCUT2D eigenvalue weighted by atomic mass is 9.84. The van der Waals surface area contributed by atoms with Gasteiger partial charge in [0.2, 0.25) is 0 Å². The minimum absolute atomic E-state index is 0.0150. The third kappa shape index (κ3) is 4.82. The molecule has 0 radical (unpaired) electrons. The molecule has 0 spiro atoms. The summed E-state index contributed by atoms with van der Waals surface area (Å²) >= 11 is 0. The van der Waals surface area contributed by atoms with Crippen LogP contribution in [0.4, 0.5) is 0 Å². The van der Waals surface area contributed by atoms with Crippen molar-refractivity contribution in [3.8, 4) is 5.75 Å². The van der Waals surface area contributed by atoms with Crippen molar-refractivity contribution in [3.05, 3.63) is 138 Å². The Kier molecular flexibility index (Phi) is 6.52. The van der Waals surface area contributed by atoms with Gasteiger partial charge in [-0.3, -0.25) is 0 Å². The summed E-state index contributed by atoms with van der Waals surface area (Å²) in [4.78, 5) is 0.127. The molecule has 160 valence electrons. The van der Waals surface area contributed by atoms with Gasteiger partial charge in [-0.15, -0.1) is 0 Å². The fourth-order valence-corrected chi connectivity index (χ4v) is 4.73. The molecule has 0 bridgehead atoms. The summed E-state index contributed by atoms with van der Waals surface area (Å²) in [6, 6.07) is 34.4. The van der Waals surface area contributed by atoms with Gasteiger partial charge in [0.05, 0.1) is 0 Å². The molecule has 0 amide bonds. The van der Waals surface area contributed by atoms with E-state index in [0.717, 1.165) is 16.7 Å². The Bertz CT molecular complexity index is 1260. The van der Waals surface area contributed by atoms with Gasteiger partial charge in [-0.05, 0) is 47.9 Å². The normalized spacial score (nSPS) is 11.7. The monoisotopic (exact) mass is 440 g/mol. The van der Waals surface area contributed by atoms with Crippen molar-refractivity contribution >= 4 is 16.2 Å². The first-order valence-corrected chi connectivity index (χ1v) is 11.9. The van der Waals surface area contributed by atoms with E-state index in [-0.39, 0.29) is 10.8 Å². The van der Waals surface area contributed by atoms with E-state index in [9.17, 15) is 8.42 Å². The van der Waals surface area contributed by atoms with Crippen LogP contribution >= 0.6 is 0 Å². The average Bonchev–Trinajstić information content (AvgIpc) is 2.83. The fraction of sp³-hybridized carbons (Fsp3) is 0.0714. The third-order valence-electron chi connectivity index (χ3n) is 5.21. The van der Waals surface area contributed by atoms with Crippen LogP contribution in [-0.2, 0) is 10.1 Å². The summed E-state index contributed by atoms with van der Waals surface area (Å²) in [7, 11) is -3.93.